The molecule has 2 N–H and O–H groups in total. The lowest BCUT2D eigenvalue weighted by Crippen LogP contribution is -2.33. The third kappa shape index (κ3) is 6.06. The second-order valence-electron chi connectivity index (χ2n) is 10.2. The summed E-state index contributed by atoms with van der Waals surface area (Å²) in [5.74, 6) is -1.64. The molecule has 2 atom stereocenters. The number of sulfonamides is 1. The van der Waals surface area contributed by atoms with Crippen molar-refractivity contribution < 1.29 is 22.0 Å². The van der Waals surface area contributed by atoms with Crippen LogP contribution in [0.5, 0.6) is 5.75 Å². The molecule has 0 amide bonds. The topological polar surface area (TPSA) is 130 Å². The van der Waals surface area contributed by atoms with Crippen LogP contribution in [0.15, 0.2) is 62.8 Å². The van der Waals surface area contributed by atoms with Crippen LogP contribution in [-0.2, 0) is 10.0 Å². The van der Waals surface area contributed by atoms with Crippen molar-refractivity contribution in [2.45, 2.75) is 50.0 Å². The van der Waals surface area contributed by atoms with Crippen molar-refractivity contribution >= 4 is 27.4 Å². The Hall–Kier alpha value is -3.74. The maximum Gasteiger partial charge on any atom is 0.434 e. The van der Waals surface area contributed by atoms with Gasteiger partial charge in [-0.1, -0.05) is 24.6 Å². The lowest BCUT2D eigenvalue weighted by molar-refractivity contribution is 0.374. The van der Waals surface area contributed by atoms with Gasteiger partial charge in [0.05, 0.1) is 7.11 Å². The largest absolute Gasteiger partial charge is 0.495 e. The number of hydrogen-bond acceptors (Lipinski definition) is 8. The lowest BCUT2D eigenvalue weighted by Gasteiger charge is -2.28. The van der Waals surface area contributed by atoms with Gasteiger partial charge in [0.15, 0.2) is 0 Å². The second-order valence-corrected chi connectivity index (χ2v) is 12.3. The fraction of sp³-hybridized carbons (Fsp3) is 0.345. The molecule has 222 valence electrons. The van der Waals surface area contributed by atoms with Crippen molar-refractivity contribution in [3.05, 3.63) is 87.1 Å². The van der Waals surface area contributed by atoms with Crippen LogP contribution in [0, 0.1) is 12.7 Å². The van der Waals surface area contributed by atoms with Crippen molar-refractivity contribution in [3.8, 4) is 16.9 Å². The smallest absolute Gasteiger partial charge is 0.434 e. The minimum atomic E-state index is -4.30. The minimum absolute atomic E-state index is 0.00902. The minimum Gasteiger partial charge on any atom is -0.495 e. The molecule has 0 bridgehead atoms. The molecule has 0 spiro atoms. The highest BCUT2D eigenvalue weighted by molar-refractivity contribution is 7.89. The zero-order chi connectivity index (χ0) is 30.0. The van der Waals surface area contributed by atoms with E-state index >= 15 is 4.39 Å². The molecule has 2 unspecified atom stereocenters. The summed E-state index contributed by atoms with van der Waals surface area (Å²) in [7, 11) is -2.99. The molecule has 1 aliphatic heterocycles. The number of nitrogens with zero attached hydrogens (tertiary/aromatic N) is 3. The van der Waals surface area contributed by atoms with E-state index < -0.39 is 33.6 Å². The van der Waals surface area contributed by atoms with Crippen LogP contribution in [-0.4, -0.2) is 43.8 Å². The fourth-order valence-corrected chi connectivity index (χ4v) is 7.01. The van der Waals surface area contributed by atoms with Gasteiger partial charge in [-0.2, -0.15) is 4.72 Å². The van der Waals surface area contributed by atoms with Crippen molar-refractivity contribution in [3.63, 3.8) is 0 Å². The van der Waals surface area contributed by atoms with Gasteiger partial charge in [-0.25, -0.2) is 27.7 Å². The van der Waals surface area contributed by atoms with E-state index in [2.05, 4.69) is 24.8 Å². The van der Waals surface area contributed by atoms with Gasteiger partial charge >= 0.3 is 5.76 Å². The van der Waals surface area contributed by atoms with E-state index in [1.54, 1.807) is 26.1 Å². The summed E-state index contributed by atoms with van der Waals surface area (Å²) in [5, 5.41) is 6.30. The number of ether oxygens (including phenoxy) is 1. The standard InChI is InChI=1S/C29H31ClFN5O5S/c1-17-21(19-7-12-25(32-16-19)36-13-5-4-6-14-36)9-10-22(31)26(17)18(2)27(28-33-34-29(37)41-28)35-42(38,39)24-11-8-20(30)15-23(24)40-3/h7-12,15-16,18,27,35H,4-6,13-14H2,1-3H3,(H,34,37). The summed E-state index contributed by atoms with van der Waals surface area (Å²) >= 11 is 6.02. The van der Waals surface area contributed by atoms with Gasteiger partial charge in [-0.05, 0) is 73.2 Å². The van der Waals surface area contributed by atoms with Crippen molar-refractivity contribution in [2.24, 2.45) is 0 Å². The first-order chi connectivity index (χ1) is 20.1. The maximum atomic E-state index is 15.5. The van der Waals surface area contributed by atoms with Gasteiger partial charge in [0.25, 0.3) is 0 Å². The molecular formula is C29H31ClFN5O5S. The predicted molar refractivity (Wildman–Crippen MR) is 157 cm³/mol. The first-order valence-corrected chi connectivity index (χ1v) is 15.4. The monoisotopic (exact) mass is 615 g/mol. The highest BCUT2D eigenvalue weighted by Crippen LogP contribution is 2.39. The SMILES string of the molecule is COc1cc(Cl)ccc1S(=O)(=O)NC(c1n[nH]c(=O)o1)C(C)c1c(F)ccc(-c2ccc(N3CCCCC3)nc2)c1C. The molecule has 2 aromatic heterocycles. The molecule has 42 heavy (non-hydrogen) atoms. The summed E-state index contributed by atoms with van der Waals surface area (Å²) in [6, 6.07) is 9.71. The van der Waals surface area contributed by atoms with E-state index in [4.69, 9.17) is 20.8 Å². The molecule has 1 fully saturated rings. The van der Waals surface area contributed by atoms with E-state index in [0.29, 0.717) is 5.56 Å². The molecule has 1 saturated heterocycles. The summed E-state index contributed by atoms with van der Waals surface area (Å²) in [4.78, 5) is 18.6. The normalized spacial score (nSPS) is 15.4. The van der Waals surface area contributed by atoms with E-state index in [1.165, 1.54) is 37.8 Å². The number of pyridine rings is 1. The number of benzene rings is 2. The van der Waals surface area contributed by atoms with Crippen molar-refractivity contribution in [2.75, 3.05) is 25.1 Å². The summed E-state index contributed by atoms with van der Waals surface area (Å²) in [5.41, 5.74) is 2.34. The molecule has 0 radical (unpaired) electrons. The van der Waals surface area contributed by atoms with E-state index in [9.17, 15) is 13.2 Å². The van der Waals surface area contributed by atoms with Crippen LogP contribution in [0.25, 0.3) is 11.1 Å². The third-order valence-electron chi connectivity index (χ3n) is 7.57. The zero-order valence-corrected chi connectivity index (χ0v) is 24.9. The Labute approximate surface area is 247 Å². The Kier molecular flexibility index (Phi) is 8.67. The quantitative estimate of drug-likeness (QED) is 0.258. The molecule has 2 aromatic carbocycles. The molecule has 10 nitrogen and oxygen atoms in total. The Morgan fingerprint density at radius 3 is 2.55 bits per heavy atom. The molecule has 0 saturated carbocycles. The van der Waals surface area contributed by atoms with Crippen LogP contribution in [0.3, 0.4) is 0 Å². The Balaban J connectivity index is 1.52. The van der Waals surface area contributed by atoms with Crippen LogP contribution < -0.4 is 20.1 Å². The number of nitrogens with one attached hydrogen (secondary N) is 2. The number of anilines is 1. The molecule has 4 aromatic rings. The van der Waals surface area contributed by atoms with Gasteiger partial charge in [0.2, 0.25) is 15.9 Å². The molecule has 3 heterocycles. The lowest BCUT2D eigenvalue weighted by atomic mass is 9.86. The van der Waals surface area contributed by atoms with Crippen LogP contribution in [0.2, 0.25) is 5.02 Å². The van der Waals surface area contributed by atoms with Crippen LogP contribution >= 0.6 is 11.6 Å². The van der Waals surface area contributed by atoms with E-state index in [-0.39, 0.29) is 27.1 Å². The molecule has 13 heteroatoms. The Bertz CT molecular complexity index is 1740. The van der Waals surface area contributed by atoms with Crippen molar-refractivity contribution in [1.82, 2.24) is 19.9 Å². The predicted octanol–water partition coefficient (Wildman–Crippen LogP) is 5.35. The number of hydrogen-bond donors (Lipinski definition) is 2. The van der Waals surface area contributed by atoms with Gasteiger partial charge in [-0.15, -0.1) is 5.10 Å². The summed E-state index contributed by atoms with van der Waals surface area (Å²) in [6.45, 7) is 5.32. The van der Waals surface area contributed by atoms with Crippen molar-refractivity contribution in [1.29, 1.82) is 0 Å². The highest BCUT2D eigenvalue weighted by atomic mass is 35.5. The number of aromatic amines is 1. The first kappa shape index (κ1) is 29.7. The molecule has 1 aliphatic rings. The Morgan fingerprint density at radius 1 is 1.14 bits per heavy atom. The number of methoxy groups -OCH3 is 1. The number of H-pyrrole nitrogens is 1. The summed E-state index contributed by atoms with van der Waals surface area (Å²) < 4.78 is 55.6. The van der Waals surface area contributed by atoms with Gasteiger partial charge in [0, 0.05) is 41.9 Å². The fourth-order valence-electron chi connectivity index (χ4n) is 5.42. The number of aromatic nitrogens is 3. The van der Waals surface area contributed by atoms with Crippen LogP contribution in [0.4, 0.5) is 10.2 Å². The zero-order valence-electron chi connectivity index (χ0n) is 23.4. The maximum absolute atomic E-state index is 15.5. The van der Waals surface area contributed by atoms with E-state index in [1.807, 2.05) is 12.1 Å². The summed E-state index contributed by atoms with van der Waals surface area (Å²) in [6.07, 6.45) is 5.25. The van der Waals surface area contributed by atoms with Gasteiger partial charge < -0.3 is 14.1 Å². The third-order valence-corrected chi connectivity index (χ3v) is 9.29. The van der Waals surface area contributed by atoms with Crippen LogP contribution in [0.1, 0.15) is 55.2 Å². The second kappa shape index (κ2) is 12.2. The number of piperidine rings is 1. The van der Waals surface area contributed by atoms with E-state index in [0.717, 1.165) is 42.9 Å². The van der Waals surface area contributed by atoms with Gasteiger partial charge in [-0.3, -0.25) is 0 Å². The Morgan fingerprint density at radius 2 is 1.90 bits per heavy atom. The molecular weight excluding hydrogens is 585 g/mol. The number of rotatable bonds is 9. The first-order valence-electron chi connectivity index (χ1n) is 13.5. The average molecular weight is 616 g/mol. The number of halogens is 2. The molecule has 0 aliphatic carbocycles. The molecule has 5 rings (SSSR count). The van der Waals surface area contributed by atoms with Gasteiger partial charge in [0.1, 0.15) is 28.3 Å². The average Bonchev–Trinajstić information content (AvgIpc) is 3.42. The highest BCUT2D eigenvalue weighted by Gasteiger charge is 2.34.